The molecular formula is C49H32N6. The highest BCUT2D eigenvalue weighted by Gasteiger charge is 2.21. The third kappa shape index (κ3) is 6.02. The molecule has 0 aliphatic carbocycles. The maximum atomic E-state index is 5.20. The van der Waals surface area contributed by atoms with Crippen molar-refractivity contribution in [1.82, 2.24) is 29.3 Å². The van der Waals surface area contributed by atoms with E-state index in [9.17, 15) is 0 Å². The summed E-state index contributed by atoms with van der Waals surface area (Å²) in [6, 6.07) is 66.3. The van der Waals surface area contributed by atoms with Crippen molar-refractivity contribution in [2.24, 2.45) is 0 Å². The molecule has 0 N–H and O–H groups in total. The lowest BCUT2D eigenvalue weighted by Crippen LogP contribution is -2.03. The number of aromatic nitrogens is 6. The molecule has 0 atom stereocenters. The van der Waals surface area contributed by atoms with Gasteiger partial charge in [-0.15, -0.1) is 0 Å². The topological polar surface area (TPSA) is 68.9 Å². The molecule has 0 aliphatic rings. The molecule has 258 valence electrons. The lowest BCUT2D eigenvalue weighted by Gasteiger charge is -2.13. The first kappa shape index (κ1) is 32.1. The van der Waals surface area contributed by atoms with E-state index in [1.165, 1.54) is 0 Å². The van der Waals surface area contributed by atoms with Gasteiger partial charge >= 0.3 is 0 Å². The fourth-order valence-electron chi connectivity index (χ4n) is 7.18. The summed E-state index contributed by atoms with van der Waals surface area (Å²) in [7, 11) is 0. The van der Waals surface area contributed by atoms with Gasteiger partial charge in [0.1, 0.15) is 11.5 Å². The fraction of sp³-hybridized carbons (Fsp3) is 0. The van der Waals surface area contributed by atoms with Crippen molar-refractivity contribution in [3.8, 4) is 79.3 Å². The van der Waals surface area contributed by atoms with Crippen molar-refractivity contribution in [2.45, 2.75) is 0 Å². The Morgan fingerprint density at radius 3 is 1.07 bits per heavy atom. The third-order valence-electron chi connectivity index (χ3n) is 9.89. The van der Waals surface area contributed by atoms with E-state index >= 15 is 0 Å². The monoisotopic (exact) mass is 704 g/mol. The standard InChI is InChI=1S/C49H32N6/c1-5-15-36(16-6-1)44-50-45(37-17-7-2-8-18-37)52-46(51-44)39-31-27-34(28-32-39)33-25-29-35(30-26-33)43-41-23-13-14-24-42(41)49-54-47(38-19-9-3-10-20-38)53-48(55(43)49)40-21-11-4-12-22-40/h1-32H. The van der Waals surface area contributed by atoms with Crippen LogP contribution in [0.1, 0.15) is 0 Å². The molecule has 0 unspecified atom stereocenters. The van der Waals surface area contributed by atoms with Gasteiger partial charge in [0, 0.05) is 38.6 Å². The van der Waals surface area contributed by atoms with Crippen LogP contribution in [-0.2, 0) is 0 Å². The Labute approximate surface area is 318 Å². The summed E-state index contributed by atoms with van der Waals surface area (Å²) >= 11 is 0. The summed E-state index contributed by atoms with van der Waals surface area (Å²) in [4.78, 5) is 25.0. The first-order valence-corrected chi connectivity index (χ1v) is 18.3. The van der Waals surface area contributed by atoms with E-state index in [-0.39, 0.29) is 0 Å². The summed E-state index contributed by atoms with van der Waals surface area (Å²) in [6.45, 7) is 0. The smallest absolute Gasteiger partial charge is 0.164 e. The molecule has 10 aromatic rings. The molecule has 6 heteroatoms. The number of hydrogen-bond acceptors (Lipinski definition) is 5. The maximum Gasteiger partial charge on any atom is 0.164 e. The van der Waals surface area contributed by atoms with Crippen molar-refractivity contribution < 1.29 is 0 Å². The first-order chi connectivity index (χ1) is 27.3. The second kappa shape index (κ2) is 13.8. The Hall–Kier alpha value is -7.57. The molecule has 0 amide bonds. The predicted octanol–water partition coefficient (Wildman–Crippen LogP) is 11.7. The molecule has 0 bridgehead atoms. The summed E-state index contributed by atoms with van der Waals surface area (Å²) < 4.78 is 2.22. The maximum absolute atomic E-state index is 5.20. The van der Waals surface area contributed by atoms with Gasteiger partial charge in [0.05, 0.1) is 5.69 Å². The molecule has 55 heavy (non-hydrogen) atoms. The first-order valence-electron chi connectivity index (χ1n) is 18.3. The molecule has 3 heterocycles. The quantitative estimate of drug-likeness (QED) is 0.165. The highest BCUT2D eigenvalue weighted by Crippen LogP contribution is 2.38. The predicted molar refractivity (Wildman–Crippen MR) is 222 cm³/mol. The van der Waals surface area contributed by atoms with Crippen molar-refractivity contribution in [1.29, 1.82) is 0 Å². The van der Waals surface area contributed by atoms with Crippen LogP contribution in [0.3, 0.4) is 0 Å². The lowest BCUT2D eigenvalue weighted by molar-refractivity contribution is 1.05. The molecular weight excluding hydrogens is 673 g/mol. The van der Waals surface area contributed by atoms with E-state index < -0.39 is 0 Å². The zero-order valence-electron chi connectivity index (χ0n) is 29.7. The van der Waals surface area contributed by atoms with Crippen LogP contribution in [0.5, 0.6) is 0 Å². The van der Waals surface area contributed by atoms with Crippen molar-refractivity contribution in [3.63, 3.8) is 0 Å². The van der Waals surface area contributed by atoms with Gasteiger partial charge in [-0.05, 0) is 16.7 Å². The summed E-state index contributed by atoms with van der Waals surface area (Å²) in [6.07, 6.45) is 0. The van der Waals surface area contributed by atoms with Crippen molar-refractivity contribution in [2.75, 3.05) is 0 Å². The fourth-order valence-corrected chi connectivity index (χ4v) is 7.18. The Kier molecular flexibility index (Phi) is 8.04. The van der Waals surface area contributed by atoms with Crippen LogP contribution in [0.15, 0.2) is 194 Å². The summed E-state index contributed by atoms with van der Waals surface area (Å²) in [5.74, 6) is 3.47. The molecule has 0 saturated carbocycles. The van der Waals surface area contributed by atoms with Crippen LogP contribution in [-0.4, -0.2) is 29.3 Å². The van der Waals surface area contributed by atoms with Crippen LogP contribution >= 0.6 is 0 Å². The third-order valence-corrected chi connectivity index (χ3v) is 9.89. The van der Waals surface area contributed by atoms with E-state index in [2.05, 4.69) is 114 Å². The number of benzene rings is 7. The van der Waals surface area contributed by atoms with E-state index in [0.717, 1.165) is 72.4 Å². The molecule has 3 aromatic heterocycles. The van der Waals surface area contributed by atoms with E-state index in [0.29, 0.717) is 23.3 Å². The van der Waals surface area contributed by atoms with E-state index in [1.807, 2.05) is 84.9 Å². The second-order valence-corrected chi connectivity index (χ2v) is 13.3. The average molecular weight is 705 g/mol. The Morgan fingerprint density at radius 1 is 0.255 bits per heavy atom. The highest BCUT2D eigenvalue weighted by molar-refractivity contribution is 6.06. The van der Waals surface area contributed by atoms with Gasteiger partial charge in [-0.1, -0.05) is 194 Å². The minimum absolute atomic E-state index is 0.633. The molecule has 6 nitrogen and oxygen atoms in total. The SMILES string of the molecule is c1ccc(-c2nc(-c3ccccc3)nc(-c3ccc(-c4ccc(-c5c6ccccc6c6nc(-c7ccccc7)nc(-c7ccccc7)n56)cc4)cc3)n2)cc1. The van der Waals surface area contributed by atoms with Crippen molar-refractivity contribution >= 4 is 16.4 Å². The van der Waals surface area contributed by atoms with E-state index in [4.69, 9.17) is 24.9 Å². The van der Waals surface area contributed by atoms with E-state index in [1.54, 1.807) is 0 Å². The molecule has 0 radical (unpaired) electrons. The van der Waals surface area contributed by atoms with Gasteiger partial charge in [0.25, 0.3) is 0 Å². The largest absolute Gasteiger partial charge is 0.277 e. The van der Waals surface area contributed by atoms with Crippen LogP contribution in [0, 0.1) is 0 Å². The van der Waals surface area contributed by atoms with Gasteiger partial charge in [-0.3, -0.25) is 4.40 Å². The second-order valence-electron chi connectivity index (χ2n) is 13.3. The van der Waals surface area contributed by atoms with Gasteiger partial charge in [0.2, 0.25) is 0 Å². The van der Waals surface area contributed by atoms with Crippen molar-refractivity contribution in [3.05, 3.63) is 194 Å². The lowest BCUT2D eigenvalue weighted by atomic mass is 10.00. The zero-order chi connectivity index (χ0) is 36.6. The number of hydrogen-bond donors (Lipinski definition) is 0. The Bertz CT molecular complexity index is 2870. The molecule has 0 aliphatic heterocycles. The van der Waals surface area contributed by atoms with Gasteiger partial charge in [-0.2, -0.15) is 0 Å². The molecule has 0 spiro atoms. The van der Waals surface area contributed by atoms with Crippen LogP contribution in [0.4, 0.5) is 0 Å². The minimum atomic E-state index is 0.633. The number of nitrogens with zero attached hydrogens (tertiary/aromatic N) is 6. The Balaban J connectivity index is 1.05. The van der Waals surface area contributed by atoms with Gasteiger partial charge in [0.15, 0.2) is 23.3 Å². The molecule has 0 fully saturated rings. The number of rotatable bonds is 7. The molecule has 7 aromatic carbocycles. The van der Waals surface area contributed by atoms with Crippen LogP contribution < -0.4 is 0 Å². The van der Waals surface area contributed by atoms with Crippen LogP contribution in [0.25, 0.3) is 95.7 Å². The molecule has 0 saturated heterocycles. The highest BCUT2D eigenvalue weighted by atomic mass is 15.1. The summed E-state index contributed by atoms with van der Waals surface area (Å²) in [5, 5.41) is 2.21. The van der Waals surface area contributed by atoms with Crippen LogP contribution in [0.2, 0.25) is 0 Å². The number of fused-ring (bicyclic) bond motifs is 3. The summed E-state index contributed by atoms with van der Waals surface area (Å²) in [5.41, 5.74) is 10.0. The van der Waals surface area contributed by atoms with Gasteiger partial charge < -0.3 is 0 Å². The Morgan fingerprint density at radius 2 is 0.600 bits per heavy atom. The zero-order valence-corrected chi connectivity index (χ0v) is 29.7. The average Bonchev–Trinajstić information content (AvgIpc) is 3.61. The molecule has 10 rings (SSSR count). The minimum Gasteiger partial charge on any atom is -0.277 e. The normalized spacial score (nSPS) is 11.3. The van der Waals surface area contributed by atoms with Gasteiger partial charge in [-0.25, -0.2) is 24.9 Å².